The van der Waals surface area contributed by atoms with Crippen molar-refractivity contribution in [3.05, 3.63) is 0 Å². The molecule has 0 amide bonds. The smallest absolute Gasteiger partial charge is 0.0138 e. The molecule has 0 aromatic heterocycles. The van der Waals surface area contributed by atoms with Gasteiger partial charge in [0.1, 0.15) is 0 Å². The van der Waals surface area contributed by atoms with Gasteiger partial charge in [-0.15, -0.1) is 0 Å². The number of nitrogens with zero attached hydrogens (tertiary/aromatic N) is 2. The third-order valence-electron chi connectivity index (χ3n) is 5.22. The van der Waals surface area contributed by atoms with Crippen molar-refractivity contribution in [2.24, 2.45) is 17.6 Å². The molecule has 3 heteroatoms. The van der Waals surface area contributed by atoms with Crippen molar-refractivity contribution >= 4 is 0 Å². The molecule has 3 nitrogen and oxygen atoms in total. The highest BCUT2D eigenvalue weighted by molar-refractivity contribution is 4.89. The molecule has 1 saturated carbocycles. The van der Waals surface area contributed by atoms with Crippen LogP contribution < -0.4 is 5.73 Å². The van der Waals surface area contributed by atoms with Crippen molar-refractivity contribution in [1.82, 2.24) is 9.80 Å². The first-order valence-electron chi connectivity index (χ1n) is 7.72. The lowest BCUT2D eigenvalue weighted by atomic mass is 9.77. The first kappa shape index (κ1) is 14.3. The summed E-state index contributed by atoms with van der Waals surface area (Å²) in [6.45, 7) is 5.84. The second-order valence-electron chi connectivity index (χ2n) is 6.71. The van der Waals surface area contributed by atoms with Gasteiger partial charge in [-0.2, -0.15) is 0 Å². The number of rotatable bonds is 3. The van der Waals surface area contributed by atoms with Crippen LogP contribution in [0.3, 0.4) is 0 Å². The number of hydrogen-bond acceptors (Lipinski definition) is 3. The van der Waals surface area contributed by atoms with Gasteiger partial charge in [-0.05, 0) is 71.2 Å². The first-order valence-corrected chi connectivity index (χ1v) is 7.72. The zero-order valence-electron chi connectivity index (χ0n) is 12.4. The predicted octanol–water partition coefficient (Wildman–Crippen LogP) is 1.78. The molecular formula is C15H31N3. The lowest BCUT2D eigenvalue weighted by Gasteiger charge is -2.45. The summed E-state index contributed by atoms with van der Waals surface area (Å²) in [4.78, 5) is 5.13. The van der Waals surface area contributed by atoms with Crippen LogP contribution in [0.25, 0.3) is 0 Å². The van der Waals surface area contributed by atoms with Crippen molar-refractivity contribution in [3.63, 3.8) is 0 Å². The molecule has 0 radical (unpaired) electrons. The standard InChI is InChI=1S/C15H31N3/c1-12-4-5-13(11-16)15(10-12)18-8-6-14(7-9-18)17(2)3/h12-15H,4-11,16H2,1-3H3. The van der Waals surface area contributed by atoms with Gasteiger partial charge in [0, 0.05) is 12.1 Å². The van der Waals surface area contributed by atoms with Gasteiger partial charge >= 0.3 is 0 Å². The molecule has 0 bridgehead atoms. The molecule has 0 aromatic rings. The molecule has 1 saturated heterocycles. The van der Waals surface area contributed by atoms with E-state index in [1.807, 2.05) is 0 Å². The summed E-state index contributed by atoms with van der Waals surface area (Å²) in [6, 6.07) is 1.56. The van der Waals surface area contributed by atoms with Crippen LogP contribution in [-0.4, -0.2) is 55.6 Å². The highest BCUT2D eigenvalue weighted by atomic mass is 15.2. The molecule has 2 rings (SSSR count). The third kappa shape index (κ3) is 3.25. The molecule has 2 aliphatic rings. The number of hydrogen-bond donors (Lipinski definition) is 1. The molecule has 18 heavy (non-hydrogen) atoms. The second-order valence-corrected chi connectivity index (χ2v) is 6.71. The van der Waals surface area contributed by atoms with Crippen LogP contribution in [0.4, 0.5) is 0 Å². The molecular weight excluding hydrogens is 222 g/mol. The zero-order valence-corrected chi connectivity index (χ0v) is 12.4. The Hall–Kier alpha value is -0.120. The molecule has 2 fully saturated rings. The number of likely N-dealkylation sites (tertiary alicyclic amines) is 1. The lowest BCUT2D eigenvalue weighted by Crippen LogP contribution is -2.51. The van der Waals surface area contributed by atoms with E-state index in [1.165, 1.54) is 45.2 Å². The van der Waals surface area contributed by atoms with Crippen molar-refractivity contribution < 1.29 is 0 Å². The Balaban J connectivity index is 1.90. The summed E-state index contributed by atoms with van der Waals surface area (Å²) >= 11 is 0. The van der Waals surface area contributed by atoms with Crippen molar-refractivity contribution in [3.8, 4) is 0 Å². The average molecular weight is 253 g/mol. The molecule has 0 aromatic carbocycles. The molecule has 3 unspecified atom stereocenters. The van der Waals surface area contributed by atoms with Gasteiger partial charge in [0.25, 0.3) is 0 Å². The normalized spacial score (nSPS) is 36.2. The minimum atomic E-state index is 0.747. The molecule has 1 aliphatic heterocycles. The highest BCUT2D eigenvalue weighted by Gasteiger charge is 2.34. The van der Waals surface area contributed by atoms with Crippen LogP contribution in [0.15, 0.2) is 0 Å². The third-order valence-corrected chi connectivity index (χ3v) is 5.22. The fourth-order valence-electron chi connectivity index (χ4n) is 3.87. The number of nitrogens with two attached hydrogens (primary N) is 1. The van der Waals surface area contributed by atoms with Crippen LogP contribution in [0.1, 0.15) is 39.0 Å². The zero-order chi connectivity index (χ0) is 13.1. The Morgan fingerprint density at radius 3 is 2.33 bits per heavy atom. The minimum Gasteiger partial charge on any atom is -0.330 e. The Labute approximate surface area is 113 Å². The maximum absolute atomic E-state index is 5.99. The van der Waals surface area contributed by atoms with Crippen LogP contribution in [-0.2, 0) is 0 Å². The molecule has 1 aliphatic carbocycles. The fourth-order valence-corrected chi connectivity index (χ4v) is 3.87. The predicted molar refractivity (Wildman–Crippen MR) is 77.6 cm³/mol. The molecule has 1 heterocycles. The SMILES string of the molecule is CC1CCC(CN)C(N2CCC(N(C)C)CC2)C1. The fraction of sp³-hybridized carbons (Fsp3) is 1.00. The second kappa shape index (κ2) is 6.36. The summed E-state index contributed by atoms with van der Waals surface area (Å²) in [5, 5.41) is 0. The maximum atomic E-state index is 5.99. The monoisotopic (exact) mass is 253 g/mol. The van der Waals surface area contributed by atoms with E-state index < -0.39 is 0 Å². The highest BCUT2D eigenvalue weighted by Crippen LogP contribution is 2.33. The van der Waals surface area contributed by atoms with E-state index in [4.69, 9.17) is 5.73 Å². The Kier molecular flexibility index (Phi) is 5.05. The van der Waals surface area contributed by atoms with Crippen LogP contribution >= 0.6 is 0 Å². The largest absolute Gasteiger partial charge is 0.330 e. The topological polar surface area (TPSA) is 32.5 Å². The van der Waals surface area contributed by atoms with E-state index in [0.29, 0.717) is 0 Å². The Bertz CT molecular complexity index is 246. The van der Waals surface area contributed by atoms with Crippen molar-refractivity contribution in [2.45, 2.75) is 51.1 Å². The van der Waals surface area contributed by atoms with E-state index in [1.54, 1.807) is 0 Å². The van der Waals surface area contributed by atoms with Gasteiger partial charge in [0.15, 0.2) is 0 Å². The summed E-state index contributed by atoms with van der Waals surface area (Å²) in [5.74, 6) is 1.64. The minimum absolute atomic E-state index is 0.747. The van der Waals surface area contributed by atoms with Gasteiger partial charge in [-0.25, -0.2) is 0 Å². The lowest BCUT2D eigenvalue weighted by molar-refractivity contribution is 0.0474. The number of piperidine rings is 1. The summed E-state index contributed by atoms with van der Waals surface area (Å²) in [7, 11) is 4.43. The molecule has 0 spiro atoms. The molecule has 106 valence electrons. The van der Waals surface area contributed by atoms with Gasteiger partial charge in [0.05, 0.1) is 0 Å². The van der Waals surface area contributed by atoms with Crippen molar-refractivity contribution in [2.75, 3.05) is 33.7 Å². The Morgan fingerprint density at radius 1 is 1.11 bits per heavy atom. The summed E-state index contributed by atoms with van der Waals surface area (Å²) in [6.07, 6.45) is 6.75. The van der Waals surface area contributed by atoms with E-state index in [2.05, 4.69) is 30.8 Å². The Morgan fingerprint density at radius 2 is 1.78 bits per heavy atom. The van der Waals surface area contributed by atoms with Crippen LogP contribution in [0.2, 0.25) is 0 Å². The van der Waals surface area contributed by atoms with E-state index in [0.717, 1.165) is 30.5 Å². The van der Waals surface area contributed by atoms with Gasteiger partial charge in [-0.3, -0.25) is 4.90 Å². The van der Waals surface area contributed by atoms with Crippen LogP contribution in [0, 0.1) is 11.8 Å². The van der Waals surface area contributed by atoms with E-state index in [-0.39, 0.29) is 0 Å². The quantitative estimate of drug-likeness (QED) is 0.832. The maximum Gasteiger partial charge on any atom is 0.0138 e. The van der Waals surface area contributed by atoms with Crippen molar-refractivity contribution in [1.29, 1.82) is 0 Å². The summed E-state index contributed by atoms with van der Waals surface area (Å²) < 4.78 is 0. The molecule has 3 atom stereocenters. The van der Waals surface area contributed by atoms with Gasteiger partial charge in [0.2, 0.25) is 0 Å². The van der Waals surface area contributed by atoms with Gasteiger partial charge < -0.3 is 10.6 Å². The van der Waals surface area contributed by atoms with E-state index >= 15 is 0 Å². The summed E-state index contributed by atoms with van der Waals surface area (Å²) in [5.41, 5.74) is 5.99. The average Bonchev–Trinajstić information content (AvgIpc) is 2.39. The van der Waals surface area contributed by atoms with Crippen LogP contribution in [0.5, 0.6) is 0 Å². The van der Waals surface area contributed by atoms with Gasteiger partial charge in [-0.1, -0.05) is 13.3 Å². The van der Waals surface area contributed by atoms with E-state index in [9.17, 15) is 0 Å². The molecule has 2 N–H and O–H groups in total. The first-order chi connectivity index (χ1) is 8.61.